The van der Waals surface area contributed by atoms with Gasteiger partial charge in [0.25, 0.3) is 0 Å². The number of benzene rings is 1. The van der Waals surface area contributed by atoms with Crippen LogP contribution < -0.4 is 0 Å². The highest BCUT2D eigenvalue weighted by Crippen LogP contribution is 2.26. The van der Waals surface area contributed by atoms with Crippen LogP contribution in [0, 0.1) is 0 Å². The largest absolute Gasteiger partial charge is 0.396 e. The summed E-state index contributed by atoms with van der Waals surface area (Å²) in [4.78, 5) is 7.00. The van der Waals surface area contributed by atoms with E-state index in [9.17, 15) is 0 Å². The molecule has 104 valence electrons. The normalized spacial score (nSPS) is 13.3. The summed E-state index contributed by atoms with van der Waals surface area (Å²) in [5, 5.41) is 9.09. The molecular weight excluding hydrogens is 238 g/mol. The van der Waals surface area contributed by atoms with Crippen LogP contribution in [-0.4, -0.2) is 40.3 Å². The lowest BCUT2D eigenvalue weighted by atomic mass is 10.2. The molecular formula is C15H23N3O. The number of aromatic nitrogens is 2. The molecule has 1 N–H and O–H groups in total. The summed E-state index contributed by atoms with van der Waals surface area (Å²) in [6.07, 6.45) is 1.78. The van der Waals surface area contributed by atoms with E-state index in [2.05, 4.69) is 42.6 Å². The lowest BCUT2D eigenvalue weighted by Gasteiger charge is -2.23. The number of imidazole rings is 1. The maximum atomic E-state index is 9.09. The van der Waals surface area contributed by atoms with E-state index >= 15 is 0 Å². The van der Waals surface area contributed by atoms with Gasteiger partial charge in [-0.15, -0.1) is 0 Å². The Balaban J connectivity index is 2.51. The van der Waals surface area contributed by atoms with Gasteiger partial charge in [0.05, 0.1) is 17.1 Å². The average Bonchev–Trinajstić information content (AvgIpc) is 2.75. The van der Waals surface area contributed by atoms with Gasteiger partial charge in [0.1, 0.15) is 5.82 Å². The lowest BCUT2D eigenvalue weighted by molar-refractivity contribution is 0.261. The van der Waals surface area contributed by atoms with Gasteiger partial charge in [0.2, 0.25) is 0 Å². The van der Waals surface area contributed by atoms with E-state index in [1.807, 2.05) is 12.1 Å². The fourth-order valence-electron chi connectivity index (χ4n) is 2.59. The summed E-state index contributed by atoms with van der Waals surface area (Å²) < 4.78 is 2.25. The Labute approximate surface area is 114 Å². The van der Waals surface area contributed by atoms with E-state index in [1.165, 1.54) is 0 Å². The van der Waals surface area contributed by atoms with Gasteiger partial charge in [-0.3, -0.25) is 4.90 Å². The Morgan fingerprint density at radius 1 is 1.32 bits per heavy atom. The lowest BCUT2D eigenvalue weighted by Crippen LogP contribution is -2.23. The Hall–Kier alpha value is -1.39. The van der Waals surface area contributed by atoms with Crippen molar-refractivity contribution in [3.63, 3.8) is 0 Å². The second-order valence-electron chi connectivity index (χ2n) is 5.08. The zero-order chi connectivity index (χ0) is 13.8. The van der Waals surface area contributed by atoms with Crippen molar-refractivity contribution >= 4 is 11.0 Å². The molecule has 0 amide bonds. The van der Waals surface area contributed by atoms with E-state index in [1.54, 1.807) is 0 Å². The molecule has 0 aliphatic rings. The van der Waals surface area contributed by atoms with Gasteiger partial charge >= 0.3 is 0 Å². The minimum atomic E-state index is 0.213. The fraction of sp³-hybridized carbons (Fsp3) is 0.533. The first-order valence-electron chi connectivity index (χ1n) is 6.91. The summed E-state index contributed by atoms with van der Waals surface area (Å²) in [5.41, 5.74) is 2.20. The second kappa shape index (κ2) is 6.17. The predicted octanol–water partition coefficient (Wildman–Crippen LogP) is 2.43. The SMILES string of the molecule is CCC(c1nc2ccccc2n1CCCO)N(C)C. The van der Waals surface area contributed by atoms with Crippen LogP contribution in [0.3, 0.4) is 0 Å². The van der Waals surface area contributed by atoms with Gasteiger partial charge in [-0.05, 0) is 39.1 Å². The summed E-state index contributed by atoms with van der Waals surface area (Å²) in [6, 6.07) is 8.53. The molecule has 0 radical (unpaired) electrons. The molecule has 2 aromatic rings. The van der Waals surface area contributed by atoms with Crippen LogP contribution in [0.25, 0.3) is 11.0 Å². The average molecular weight is 261 g/mol. The van der Waals surface area contributed by atoms with Crippen LogP contribution in [0.4, 0.5) is 0 Å². The zero-order valence-electron chi connectivity index (χ0n) is 12.0. The van der Waals surface area contributed by atoms with Crippen LogP contribution in [0.1, 0.15) is 31.6 Å². The summed E-state index contributed by atoms with van der Waals surface area (Å²) in [7, 11) is 4.17. The van der Waals surface area contributed by atoms with Gasteiger partial charge in [0, 0.05) is 13.2 Å². The third-order valence-corrected chi connectivity index (χ3v) is 3.53. The maximum Gasteiger partial charge on any atom is 0.127 e. The van der Waals surface area contributed by atoms with Gasteiger partial charge in [-0.2, -0.15) is 0 Å². The Morgan fingerprint density at radius 2 is 2.05 bits per heavy atom. The monoisotopic (exact) mass is 261 g/mol. The molecule has 1 atom stereocenters. The first kappa shape index (κ1) is 14.0. The van der Waals surface area contributed by atoms with Crippen molar-refractivity contribution in [1.82, 2.24) is 14.5 Å². The van der Waals surface area contributed by atoms with Crippen molar-refractivity contribution < 1.29 is 5.11 Å². The van der Waals surface area contributed by atoms with E-state index in [0.717, 1.165) is 36.2 Å². The minimum absolute atomic E-state index is 0.213. The smallest absolute Gasteiger partial charge is 0.127 e. The second-order valence-corrected chi connectivity index (χ2v) is 5.08. The first-order chi connectivity index (χ1) is 9.19. The van der Waals surface area contributed by atoms with Crippen molar-refractivity contribution in [2.45, 2.75) is 32.4 Å². The summed E-state index contributed by atoms with van der Waals surface area (Å²) in [6.45, 7) is 3.21. The van der Waals surface area contributed by atoms with Gasteiger partial charge in [-0.25, -0.2) is 4.98 Å². The highest BCUT2D eigenvalue weighted by molar-refractivity contribution is 5.76. The quantitative estimate of drug-likeness (QED) is 0.868. The number of hydrogen-bond acceptors (Lipinski definition) is 3. The van der Waals surface area contributed by atoms with Crippen LogP contribution in [0.2, 0.25) is 0 Å². The van der Waals surface area contributed by atoms with E-state index in [4.69, 9.17) is 10.1 Å². The van der Waals surface area contributed by atoms with Crippen LogP contribution in [0.15, 0.2) is 24.3 Å². The first-order valence-corrected chi connectivity index (χ1v) is 6.91. The molecule has 0 spiro atoms. The molecule has 0 saturated heterocycles. The molecule has 0 aliphatic heterocycles. The summed E-state index contributed by atoms with van der Waals surface area (Å²) >= 11 is 0. The highest BCUT2D eigenvalue weighted by Gasteiger charge is 2.20. The van der Waals surface area contributed by atoms with Crippen molar-refractivity contribution in [1.29, 1.82) is 0 Å². The maximum absolute atomic E-state index is 9.09. The number of rotatable bonds is 6. The molecule has 1 aromatic heterocycles. The van der Waals surface area contributed by atoms with Crippen molar-refractivity contribution in [2.24, 2.45) is 0 Å². The van der Waals surface area contributed by atoms with E-state index in [0.29, 0.717) is 6.04 Å². The third kappa shape index (κ3) is 2.80. The molecule has 4 heteroatoms. The van der Waals surface area contributed by atoms with Crippen molar-refractivity contribution in [3.8, 4) is 0 Å². The standard InChI is InChI=1S/C15H23N3O/c1-4-13(17(2)3)15-16-12-8-5-6-9-14(12)18(15)10-7-11-19/h5-6,8-9,13,19H,4,7,10-11H2,1-3H3. The number of aliphatic hydroxyl groups is 1. The van der Waals surface area contributed by atoms with Crippen molar-refractivity contribution in [3.05, 3.63) is 30.1 Å². The number of nitrogens with zero attached hydrogens (tertiary/aromatic N) is 3. The Bertz CT molecular complexity index is 533. The third-order valence-electron chi connectivity index (χ3n) is 3.53. The molecule has 4 nitrogen and oxygen atoms in total. The molecule has 1 heterocycles. The van der Waals surface area contributed by atoms with E-state index in [-0.39, 0.29) is 6.61 Å². The molecule has 1 unspecified atom stereocenters. The molecule has 0 bridgehead atoms. The van der Waals surface area contributed by atoms with Crippen LogP contribution >= 0.6 is 0 Å². The van der Waals surface area contributed by atoms with Crippen molar-refractivity contribution in [2.75, 3.05) is 20.7 Å². The van der Waals surface area contributed by atoms with E-state index < -0.39 is 0 Å². The van der Waals surface area contributed by atoms with Gasteiger partial charge in [-0.1, -0.05) is 19.1 Å². The number of aliphatic hydroxyl groups excluding tert-OH is 1. The predicted molar refractivity (Wildman–Crippen MR) is 78.2 cm³/mol. The molecule has 1 aromatic carbocycles. The van der Waals surface area contributed by atoms with Gasteiger partial charge in [0.15, 0.2) is 0 Å². The molecule has 0 saturated carbocycles. The number of fused-ring (bicyclic) bond motifs is 1. The summed E-state index contributed by atoms with van der Waals surface area (Å²) in [5.74, 6) is 1.10. The Kier molecular flexibility index (Phi) is 4.56. The number of para-hydroxylation sites is 2. The van der Waals surface area contributed by atoms with Crippen LogP contribution in [-0.2, 0) is 6.54 Å². The minimum Gasteiger partial charge on any atom is -0.396 e. The molecule has 0 aliphatic carbocycles. The highest BCUT2D eigenvalue weighted by atomic mass is 16.3. The fourth-order valence-corrected chi connectivity index (χ4v) is 2.59. The van der Waals surface area contributed by atoms with Gasteiger partial charge < -0.3 is 9.67 Å². The topological polar surface area (TPSA) is 41.3 Å². The number of aryl methyl sites for hydroxylation is 1. The molecule has 19 heavy (non-hydrogen) atoms. The molecule has 0 fully saturated rings. The number of hydrogen-bond donors (Lipinski definition) is 1. The molecule has 2 rings (SSSR count). The van der Waals surface area contributed by atoms with Crippen LogP contribution in [0.5, 0.6) is 0 Å². The Morgan fingerprint density at radius 3 is 2.68 bits per heavy atom. The zero-order valence-corrected chi connectivity index (χ0v) is 12.0.